The van der Waals surface area contributed by atoms with Crippen molar-refractivity contribution in [2.75, 3.05) is 5.32 Å². The van der Waals surface area contributed by atoms with Gasteiger partial charge in [-0.15, -0.1) is 0 Å². The number of hydrogen-bond acceptors (Lipinski definition) is 4. The average molecular weight is 303 g/mol. The summed E-state index contributed by atoms with van der Waals surface area (Å²) in [6.45, 7) is 0. The van der Waals surface area contributed by atoms with E-state index in [1.165, 1.54) is 17.4 Å². The highest BCUT2D eigenvalue weighted by Gasteiger charge is 2.08. The summed E-state index contributed by atoms with van der Waals surface area (Å²) in [5.41, 5.74) is 7.20. The number of aromatic nitrogens is 1. The monoisotopic (exact) mass is 303 g/mol. The Kier molecular flexibility index (Phi) is 3.33. The largest absolute Gasteiger partial charge is 0.389 e. The van der Waals surface area contributed by atoms with Crippen LogP contribution in [-0.2, 0) is 0 Å². The van der Waals surface area contributed by atoms with Crippen molar-refractivity contribution in [1.29, 1.82) is 0 Å². The van der Waals surface area contributed by atoms with Crippen molar-refractivity contribution in [2.24, 2.45) is 5.73 Å². The normalized spacial score (nSPS) is 10.7. The highest BCUT2D eigenvalue weighted by Crippen LogP contribution is 2.28. The smallest absolute Gasteiger partial charge is 0.188 e. The molecule has 0 bridgehead atoms. The lowest BCUT2D eigenvalue weighted by Gasteiger charge is -2.05. The molecule has 3 rings (SSSR count). The number of para-hydroxylation sites is 1. The van der Waals surface area contributed by atoms with Gasteiger partial charge in [-0.1, -0.05) is 35.7 Å². The molecule has 6 heteroatoms. The molecule has 0 unspecified atom stereocenters. The lowest BCUT2D eigenvalue weighted by molar-refractivity contribution is 0.626. The van der Waals surface area contributed by atoms with Crippen LogP contribution in [0, 0.1) is 5.82 Å². The predicted molar refractivity (Wildman–Crippen MR) is 85.2 cm³/mol. The standard InChI is InChI=1S/C14H10FN3S2/c15-10-7-8(5-6-9(10)13(16)19)17-14-18-11-3-1-2-4-12(11)20-14/h1-7H,(H2,16,19)(H,17,18). The number of nitrogens with zero attached hydrogens (tertiary/aromatic N) is 1. The van der Waals surface area contributed by atoms with Crippen LogP contribution in [-0.4, -0.2) is 9.97 Å². The van der Waals surface area contributed by atoms with E-state index in [1.54, 1.807) is 12.1 Å². The van der Waals surface area contributed by atoms with Crippen molar-refractivity contribution < 1.29 is 4.39 Å². The third-order valence-electron chi connectivity index (χ3n) is 2.78. The molecule has 0 amide bonds. The second kappa shape index (κ2) is 5.15. The summed E-state index contributed by atoms with van der Waals surface area (Å²) in [5, 5.41) is 3.80. The van der Waals surface area contributed by atoms with Gasteiger partial charge < -0.3 is 11.1 Å². The number of benzene rings is 2. The Balaban J connectivity index is 1.90. The Morgan fingerprint density at radius 2 is 2.05 bits per heavy atom. The summed E-state index contributed by atoms with van der Waals surface area (Å²) in [6.07, 6.45) is 0. The molecule has 0 atom stereocenters. The molecule has 0 radical (unpaired) electrons. The number of thiazole rings is 1. The first kappa shape index (κ1) is 13.0. The first-order valence-electron chi connectivity index (χ1n) is 5.85. The molecule has 3 N–H and O–H groups in total. The van der Waals surface area contributed by atoms with E-state index in [-0.39, 0.29) is 10.6 Å². The van der Waals surface area contributed by atoms with Crippen molar-refractivity contribution in [3.05, 3.63) is 53.8 Å². The van der Waals surface area contributed by atoms with Crippen LogP contribution in [0.15, 0.2) is 42.5 Å². The fraction of sp³-hybridized carbons (Fsp3) is 0. The molecule has 0 aliphatic rings. The molecule has 0 spiro atoms. The zero-order chi connectivity index (χ0) is 14.1. The molecule has 3 aromatic rings. The molecular formula is C14H10FN3S2. The van der Waals surface area contributed by atoms with Gasteiger partial charge in [0.05, 0.1) is 10.2 Å². The molecule has 0 saturated heterocycles. The third kappa shape index (κ3) is 2.48. The summed E-state index contributed by atoms with van der Waals surface area (Å²) in [5.74, 6) is -0.441. The Labute approximate surface area is 124 Å². The number of thiocarbonyl (C=S) groups is 1. The molecule has 0 aliphatic heterocycles. The first-order chi connectivity index (χ1) is 9.63. The number of fused-ring (bicyclic) bond motifs is 1. The van der Waals surface area contributed by atoms with Crippen LogP contribution in [0.5, 0.6) is 0 Å². The van der Waals surface area contributed by atoms with Gasteiger partial charge in [0, 0.05) is 11.3 Å². The highest BCUT2D eigenvalue weighted by atomic mass is 32.1. The molecular weight excluding hydrogens is 293 g/mol. The van der Waals surface area contributed by atoms with Crippen LogP contribution < -0.4 is 11.1 Å². The maximum Gasteiger partial charge on any atom is 0.188 e. The quantitative estimate of drug-likeness (QED) is 0.722. The van der Waals surface area contributed by atoms with E-state index in [1.807, 2.05) is 24.3 Å². The van der Waals surface area contributed by atoms with Gasteiger partial charge in [-0.25, -0.2) is 9.37 Å². The number of nitrogens with two attached hydrogens (primary N) is 1. The Bertz CT molecular complexity index is 765. The zero-order valence-corrected chi connectivity index (χ0v) is 11.9. The maximum atomic E-state index is 13.8. The molecule has 0 aliphatic carbocycles. The number of halogens is 1. The van der Waals surface area contributed by atoms with Gasteiger partial charge in [-0.05, 0) is 30.3 Å². The topological polar surface area (TPSA) is 50.9 Å². The molecule has 3 nitrogen and oxygen atoms in total. The number of anilines is 2. The predicted octanol–water partition coefficient (Wildman–Crippen LogP) is 3.81. The SMILES string of the molecule is NC(=S)c1ccc(Nc2nc3ccccc3s2)cc1F. The first-order valence-corrected chi connectivity index (χ1v) is 7.08. The number of hydrogen-bond donors (Lipinski definition) is 2. The molecule has 20 heavy (non-hydrogen) atoms. The minimum absolute atomic E-state index is 0.0500. The number of rotatable bonds is 3. The van der Waals surface area contributed by atoms with Gasteiger partial charge in [0.25, 0.3) is 0 Å². The Morgan fingerprint density at radius 3 is 2.75 bits per heavy atom. The van der Waals surface area contributed by atoms with Crippen molar-refractivity contribution in [1.82, 2.24) is 4.98 Å². The molecule has 1 heterocycles. The summed E-state index contributed by atoms with van der Waals surface area (Å²) in [7, 11) is 0. The van der Waals surface area contributed by atoms with E-state index in [0.29, 0.717) is 10.8 Å². The van der Waals surface area contributed by atoms with Crippen molar-refractivity contribution >= 4 is 49.6 Å². The van der Waals surface area contributed by atoms with E-state index in [0.717, 1.165) is 10.2 Å². The van der Waals surface area contributed by atoms with Gasteiger partial charge in [0.2, 0.25) is 0 Å². The minimum Gasteiger partial charge on any atom is -0.389 e. The Morgan fingerprint density at radius 1 is 1.25 bits per heavy atom. The summed E-state index contributed by atoms with van der Waals surface area (Å²) < 4.78 is 14.9. The summed E-state index contributed by atoms with van der Waals surface area (Å²) >= 11 is 6.29. The van der Waals surface area contributed by atoms with Crippen LogP contribution in [0.4, 0.5) is 15.2 Å². The zero-order valence-electron chi connectivity index (χ0n) is 10.3. The van der Waals surface area contributed by atoms with Crippen molar-refractivity contribution in [3.8, 4) is 0 Å². The fourth-order valence-corrected chi connectivity index (χ4v) is 2.89. The van der Waals surface area contributed by atoms with E-state index in [2.05, 4.69) is 10.3 Å². The van der Waals surface area contributed by atoms with Crippen LogP contribution >= 0.6 is 23.6 Å². The third-order valence-corrected chi connectivity index (χ3v) is 3.95. The van der Waals surface area contributed by atoms with Gasteiger partial charge in [-0.3, -0.25) is 0 Å². The molecule has 0 fully saturated rings. The fourth-order valence-electron chi connectivity index (χ4n) is 1.84. The lowest BCUT2D eigenvalue weighted by Crippen LogP contribution is -2.11. The van der Waals surface area contributed by atoms with Crippen molar-refractivity contribution in [3.63, 3.8) is 0 Å². The highest BCUT2D eigenvalue weighted by molar-refractivity contribution is 7.80. The van der Waals surface area contributed by atoms with Gasteiger partial charge in [0.15, 0.2) is 5.13 Å². The maximum absolute atomic E-state index is 13.8. The van der Waals surface area contributed by atoms with Gasteiger partial charge >= 0.3 is 0 Å². The van der Waals surface area contributed by atoms with Gasteiger partial charge in [0.1, 0.15) is 10.8 Å². The van der Waals surface area contributed by atoms with Crippen LogP contribution in [0.2, 0.25) is 0 Å². The lowest BCUT2D eigenvalue weighted by atomic mass is 10.2. The van der Waals surface area contributed by atoms with E-state index >= 15 is 0 Å². The van der Waals surface area contributed by atoms with E-state index in [4.69, 9.17) is 18.0 Å². The van der Waals surface area contributed by atoms with Crippen LogP contribution in [0.25, 0.3) is 10.2 Å². The van der Waals surface area contributed by atoms with E-state index < -0.39 is 5.82 Å². The Hall–Kier alpha value is -2.05. The molecule has 100 valence electrons. The minimum atomic E-state index is -0.441. The van der Waals surface area contributed by atoms with Crippen LogP contribution in [0.3, 0.4) is 0 Å². The second-order valence-corrected chi connectivity index (χ2v) is 5.64. The molecule has 0 saturated carbocycles. The summed E-state index contributed by atoms with van der Waals surface area (Å²) in [6, 6.07) is 12.5. The average Bonchev–Trinajstić information content (AvgIpc) is 2.80. The molecule has 2 aromatic carbocycles. The molecule has 1 aromatic heterocycles. The van der Waals surface area contributed by atoms with Crippen LogP contribution in [0.1, 0.15) is 5.56 Å². The van der Waals surface area contributed by atoms with E-state index in [9.17, 15) is 4.39 Å². The second-order valence-electron chi connectivity index (χ2n) is 4.17. The van der Waals surface area contributed by atoms with Crippen molar-refractivity contribution in [2.45, 2.75) is 0 Å². The summed E-state index contributed by atoms with van der Waals surface area (Å²) in [4.78, 5) is 4.48. The van der Waals surface area contributed by atoms with Gasteiger partial charge in [-0.2, -0.15) is 0 Å². The number of nitrogens with one attached hydrogen (secondary N) is 1.